The van der Waals surface area contributed by atoms with Crippen LogP contribution in [-0.4, -0.2) is 19.1 Å². The molecule has 0 radical (unpaired) electrons. The van der Waals surface area contributed by atoms with Crippen molar-refractivity contribution in [3.05, 3.63) is 39.6 Å². The van der Waals surface area contributed by atoms with Crippen LogP contribution < -0.4 is 9.47 Å². The Morgan fingerprint density at radius 1 is 1.31 bits per heavy atom. The van der Waals surface area contributed by atoms with Crippen molar-refractivity contribution in [1.82, 2.24) is 0 Å². The zero-order chi connectivity index (χ0) is 12.1. The standard InChI is InChI=1S/C11H13NO4/c1-8-6-9(4-5-12(13)14)7-10(15-2)11(8)16-3/h4-7H,1-3H3/b5-4+. The van der Waals surface area contributed by atoms with Gasteiger partial charge in [0.05, 0.1) is 19.1 Å². The summed E-state index contributed by atoms with van der Waals surface area (Å²) in [5, 5.41) is 10.2. The molecule has 86 valence electrons. The molecule has 0 aliphatic carbocycles. The van der Waals surface area contributed by atoms with Crippen LogP contribution in [0.2, 0.25) is 0 Å². The largest absolute Gasteiger partial charge is 0.493 e. The number of nitrogens with zero attached hydrogens (tertiary/aromatic N) is 1. The van der Waals surface area contributed by atoms with Crippen LogP contribution >= 0.6 is 0 Å². The van der Waals surface area contributed by atoms with E-state index in [4.69, 9.17) is 9.47 Å². The lowest BCUT2D eigenvalue weighted by atomic mass is 10.1. The number of rotatable bonds is 4. The van der Waals surface area contributed by atoms with Gasteiger partial charge < -0.3 is 9.47 Å². The van der Waals surface area contributed by atoms with Gasteiger partial charge in [-0.15, -0.1) is 0 Å². The Morgan fingerprint density at radius 2 is 2.00 bits per heavy atom. The maximum absolute atomic E-state index is 10.2. The fourth-order valence-electron chi connectivity index (χ4n) is 1.42. The lowest BCUT2D eigenvalue weighted by Crippen LogP contribution is -1.94. The maximum Gasteiger partial charge on any atom is 0.235 e. The Balaban J connectivity index is 3.15. The van der Waals surface area contributed by atoms with Gasteiger partial charge in [0, 0.05) is 6.08 Å². The number of ether oxygens (including phenoxy) is 2. The zero-order valence-corrected chi connectivity index (χ0v) is 9.39. The summed E-state index contributed by atoms with van der Waals surface area (Å²) in [7, 11) is 3.08. The van der Waals surface area contributed by atoms with Gasteiger partial charge in [0.1, 0.15) is 0 Å². The molecule has 5 heteroatoms. The minimum absolute atomic E-state index is 0.508. The van der Waals surface area contributed by atoms with Gasteiger partial charge >= 0.3 is 0 Å². The molecule has 1 aromatic rings. The second-order valence-electron chi connectivity index (χ2n) is 3.17. The molecule has 1 rings (SSSR count). The van der Waals surface area contributed by atoms with Crippen LogP contribution in [-0.2, 0) is 0 Å². The Kier molecular flexibility index (Phi) is 3.88. The van der Waals surface area contributed by atoms with Crippen molar-refractivity contribution in [2.24, 2.45) is 0 Å². The number of hydrogen-bond donors (Lipinski definition) is 0. The van der Waals surface area contributed by atoms with E-state index in [1.54, 1.807) is 19.2 Å². The normalized spacial score (nSPS) is 10.4. The molecular formula is C11H13NO4. The number of aryl methyl sites for hydroxylation is 1. The molecule has 0 saturated heterocycles. The Labute approximate surface area is 93.4 Å². The van der Waals surface area contributed by atoms with Crippen molar-refractivity contribution in [2.75, 3.05) is 14.2 Å². The SMILES string of the molecule is COc1cc(/C=C/[N+](=O)[O-])cc(C)c1OC. The number of benzene rings is 1. The predicted octanol–water partition coefficient (Wildman–Crippen LogP) is 2.26. The summed E-state index contributed by atoms with van der Waals surface area (Å²) in [6.45, 7) is 1.85. The molecule has 0 N–H and O–H groups in total. The van der Waals surface area contributed by atoms with E-state index in [0.29, 0.717) is 17.1 Å². The summed E-state index contributed by atoms with van der Waals surface area (Å²) in [6.07, 6.45) is 2.30. The van der Waals surface area contributed by atoms with Gasteiger partial charge in [-0.05, 0) is 30.2 Å². The van der Waals surface area contributed by atoms with Gasteiger partial charge in [-0.1, -0.05) is 0 Å². The molecule has 0 spiro atoms. The van der Waals surface area contributed by atoms with Crippen molar-refractivity contribution in [2.45, 2.75) is 6.92 Å². The molecule has 0 bridgehead atoms. The summed E-state index contributed by atoms with van der Waals surface area (Å²) in [4.78, 5) is 9.69. The lowest BCUT2D eigenvalue weighted by Gasteiger charge is -2.10. The van der Waals surface area contributed by atoms with Crippen molar-refractivity contribution in [3.8, 4) is 11.5 Å². The second kappa shape index (κ2) is 5.16. The molecule has 0 amide bonds. The van der Waals surface area contributed by atoms with Crippen LogP contribution in [0, 0.1) is 17.0 Å². The topological polar surface area (TPSA) is 61.6 Å². The first-order chi connectivity index (χ1) is 7.58. The maximum atomic E-state index is 10.2. The summed E-state index contributed by atoms with van der Waals surface area (Å²) in [5.41, 5.74) is 1.57. The zero-order valence-electron chi connectivity index (χ0n) is 9.39. The Bertz CT molecular complexity index is 426. The van der Waals surface area contributed by atoms with Crippen molar-refractivity contribution >= 4 is 6.08 Å². The minimum atomic E-state index is -0.508. The molecule has 1 aromatic carbocycles. The first-order valence-corrected chi connectivity index (χ1v) is 4.62. The third-order valence-electron chi connectivity index (χ3n) is 2.08. The van der Waals surface area contributed by atoms with Gasteiger partial charge in [-0.25, -0.2) is 0 Å². The molecule has 0 aliphatic heterocycles. The molecule has 0 aliphatic rings. The lowest BCUT2D eigenvalue weighted by molar-refractivity contribution is -0.400. The summed E-state index contributed by atoms with van der Waals surface area (Å²) < 4.78 is 10.3. The van der Waals surface area contributed by atoms with Crippen LogP contribution in [0.25, 0.3) is 6.08 Å². The van der Waals surface area contributed by atoms with E-state index >= 15 is 0 Å². The fourth-order valence-corrected chi connectivity index (χ4v) is 1.42. The van der Waals surface area contributed by atoms with Crippen molar-refractivity contribution in [3.63, 3.8) is 0 Å². The second-order valence-corrected chi connectivity index (χ2v) is 3.17. The highest BCUT2D eigenvalue weighted by atomic mass is 16.6. The summed E-state index contributed by atoms with van der Waals surface area (Å²) in [6, 6.07) is 3.48. The van der Waals surface area contributed by atoms with Gasteiger partial charge in [0.2, 0.25) is 6.20 Å². The van der Waals surface area contributed by atoms with Crippen LogP contribution in [0.1, 0.15) is 11.1 Å². The first kappa shape index (κ1) is 12.0. The third-order valence-corrected chi connectivity index (χ3v) is 2.08. The van der Waals surface area contributed by atoms with E-state index in [1.165, 1.54) is 13.2 Å². The molecule has 0 unspecified atom stereocenters. The number of methoxy groups -OCH3 is 2. The van der Waals surface area contributed by atoms with Gasteiger partial charge in [0.25, 0.3) is 0 Å². The van der Waals surface area contributed by atoms with Crippen LogP contribution in [0.3, 0.4) is 0 Å². The van der Waals surface area contributed by atoms with E-state index in [2.05, 4.69) is 0 Å². The first-order valence-electron chi connectivity index (χ1n) is 4.62. The molecule has 0 atom stereocenters. The molecular weight excluding hydrogens is 210 g/mol. The molecule has 0 fully saturated rings. The summed E-state index contributed by atoms with van der Waals surface area (Å²) in [5.74, 6) is 1.20. The molecule has 5 nitrogen and oxygen atoms in total. The Morgan fingerprint density at radius 3 is 2.50 bits per heavy atom. The molecule has 0 saturated carbocycles. The minimum Gasteiger partial charge on any atom is -0.493 e. The van der Waals surface area contributed by atoms with Crippen LogP contribution in [0.5, 0.6) is 11.5 Å². The predicted molar refractivity (Wildman–Crippen MR) is 60.3 cm³/mol. The highest BCUT2D eigenvalue weighted by Crippen LogP contribution is 2.32. The summed E-state index contributed by atoms with van der Waals surface area (Å²) >= 11 is 0. The van der Waals surface area contributed by atoms with E-state index in [-0.39, 0.29) is 0 Å². The third kappa shape index (κ3) is 2.73. The monoisotopic (exact) mass is 223 g/mol. The highest BCUT2D eigenvalue weighted by Gasteiger charge is 2.08. The van der Waals surface area contributed by atoms with Gasteiger partial charge in [-0.3, -0.25) is 10.1 Å². The molecule has 0 heterocycles. The highest BCUT2D eigenvalue weighted by molar-refractivity contribution is 5.58. The van der Waals surface area contributed by atoms with Crippen molar-refractivity contribution in [1.29, 1.82) is 0 Å². The van der Waals surface area contributed by atoms with E-state index in [9.17, 15) is 10.1 Å². The quantitative estimate of drug-likeness (QED) is 0.580. The molecule has 16 heavy (non-hydrogen) atoms. The van der Waals surface area contributed by atoms with E-state index < -0.39 is 4.92 Å². The molecule has 0 aromatic heterocycles. The fraction of sp³-hybridized carbons (Fsp3) is 0.273. The average Bonchev–Trinajstić information content (AvgIpc) is 2.25. The smallest absolute Gasteiger partial charge is 0.235 e. The average molecular weight is 223 g/mol. The van der Waals surface area contributed by atoms with E-state index in [0.717, 1.165) is 11.8 Å². The Hall–Kier alpha value is -2.04. The van der Waals surface area contributed by atoms with Gasteiger partial charge in [-0.2, -0.15) is 0 Å². The van der Waals surface area contributed by atoms with Crippen LogP contribution in [0.15, 0.2) is 18.3 Å². The number of hydrogen-bond acceptors (Lipinski definition) is 4. The van der Waals surface area contributed by atoms with Gasteiger partial charge in [0.15, 0.2) is 11.5 Å². The number of nitro groups is 1. The van der Waals surface area contributed by atoms with Crippen molar-refractivity contribution < 1.29 is 14.4 Å². The van der Waals surface area contributed by atoms with Crippen LogP contribution in [0.4, 0.5) is 0 Å². The van der Waals surface area contributed by atoms with E-state index in [1.807, 2.05) is 6.92 Å².